The Kier molecular flexibility index (Phi) is 2.83. The van der Waals surface area contributed by atoms with Crippen LogP contribution in [0.15, 0.2) is 38.1 Å². The highest BCUT2D eigenvalue weighted by Crippen LogP contribution is 2.47. The van der Waals surface area contributed by atoms with Crippen molar-refractivity contribution in [2.45, 2.75) is 38.5 Å². The minimum Gasteiger partial charge on any atom is -0.293 e. The molecule has 4 aliphatic rings. The highest BCUT2D eigenvalue weighted by atomic mass is 32.2. The predicted octanol–water partition coefficient (Wildman–Crippen LogP) is 3.50. The Labute approximate surface area is 116 Å². The van der Waals surface area contributed by atoms with Crippen LogP contribution in [0.3, 0.4) is 0 Å². The quantitative estimate of drug-likeness (QED) is 0.664. The molecule has 3 heteroatoms. The Balaban J connectivity index is 1.80. The molecule has 0 amide bonds. The standard InChI is InChI=1S/C16H19NOS/c18-19-15-7-8-17-10-13(15)9-12-6-5-11-3-1-2-4-14(11)16(12)19/h5,7,10,12-13H,1-4,6,8-9H2. The lowest BCUT2D eigenvalue weighted by molar-refractivity contribution is 0.509. The summed E-state index contributed by atoms with van der Waals surface area (Å²) in [7, 11) is -0.883. The zero-order chi connectivity index (χ0) is 12.8. The lowest BCUT2D eigenvalue weighted by atomic mass is 9.78. The van der Waals surface area contributed by atoms with Crippen LogP contribution in [0.4, 0.5) is 0 Å². The number of hydrogen-bond acceptors (Lipinski definition) is 2. The number of hydrogen-bond donors (Lipinski definition) is 0. The van der Waals surface area contributed by atoms with Crippen LogP contribution >= 0.6 is 0 Å². The molecule has 100 valence electrons. The average molecular weight is 273 g/mol. The molecular weight excluding hydrogens is 254 g/mol. The fraction of sp³-hybridized carbons (Fsp3) is 0.562. The van der Waals surface area contributed by atoms with Gasteiger partial charge in [0.05, 0.1) is 17.3 Å². The Hall–Kier alpha value is -0.960. The lowest BCUT2D eigenvalue weighted by Gasteiger charge is -2.37. The first-order valence-electron chi connectivity index (χ1n) is 7.39. The molecule has 0 bridgehead atoms. The van der Waals surface area contributed by atoms with E-state index < -0.39 is 10.8 Å². The van der Waals surface area contributed by atoms with Crippen molar-refractivity contribution in [3.05, 3.63) is 33.1 Å². The monoisotopic (exact) mass is 273 g/mol. The van der Waals surface area contributed by atoms with Gasteiger partial charge in [0.2, 0.25) is 0 Å². The number of aliphatic imine (C=N–C) groups is 1. The number of dihydropyridines is 1. The SMILES string of the molecule is O=S1C2=CCN=CC2CC2CC=C3CCCCC3=C21. The van der Waals surface area contributed by atoms with E-state index in [4.69, 9.17) is 0 Å². The van der Waals surface area contributed by atoms with Crippen molar-refractivity contribution >= 4 is 17.0 Å². The van der Waals surface area contributed by atoms with Crippen molar-refractivity contribution < 1.29 is 4.21 Å². The van der Waals surface area contributed by atoms with E-state index in [0.717, 1.165) is 24.2 Å². The van der Waals surface area contributed by atoms with E-state index in [1.54, 1.807) is 0 Å². The van der Waals surface area contributed by atoms with Gasteiger partial charge in [0.15, 0.2) is 0 Å². The highest BCUT2D eigenvalue weighted by Gasteiger charge is 2.38. The molecule has 1 saturated carbocycles. The highest BCUT2D eigenvalue weighted by molar-refractivity contribution is 7.93. The van der Waals surface area contributed by atoms with Gasteiger partial charge in [0, 0.05) is 21.9 Å². The van der Waals surface area contributed by atoms with Crippen LogP contribution in [0, 0.1) is 11.8 Å². The minimum atomic E-state index is -0.883. The number of allylic oxidation sites excluding steroid dienone is 5. The molecule has 2 fully saturated rings. The molecule has 0 spiro atoms. The Morgan fingerprint density at radius 1 is 1.21 bits per heavy atom. The van der Waals surface area contributed by atoms with Crippen molar-refractivity contribution in [1.29, 1.82) is 0 Å². The van der Waals surface area contributed by atoms with Gasteiger partial charge in [-0.15, -0.1) is 0 Å². The average Bonchev–Trinajstić information content (AvgIpc) is 2.47. The van der Waals surface area contributed by atoms with Crippen molar-refractivity contribution in [3.63, 3.8) is 0 Å². The van der Waals surface area contributed by atoms with Crippen LogP contribution in [-0.4, -0.2) is 17.0 Å². The van der Waals surface area contributed by atoms with Crippen LogP contribution in [0.2, 0.25) is 0 Å². The third kappa shape index (κ3) is 1.82. The minimum absolute atomic E-state index is 0.336. The van der Waals surface area contributed by atoms with Crippen molar-refractivity contribution in [2.24, 2.45) is 16.8 Å². The fourth-order valence-electron chi connectivity index (χ4n) is 3.92. The fourth-order valence-corrected chi connectivity index (χ4v) is 5.78. The molecule has 2 heterocycles. The maximum atomic E-state index is 12.9. The number of nitrogens with zero attached hydrogens (tertiary/aromatic N) is 1. The van der Waals surface area contributed by atoms with E-state index in [-0.39, 0.29) is 0 Å². The summed E-state index contributed by atoms with van der Waals surface area (Å²) in [4.78, 5) is 6.77. The Morgan fingerprint density at radius 3 is 3.05 bits per heavy atom. The second-order valence-electron chi connectivity index (χ2n) is 5.94. The van der Waals surface area contributed by atoms with Gasteiger partial charge in [-0.25, -0.2) is 4.21 Å². The lowest BCUT2D eigenvalue weighted by Crippen LogP contribution is -2.30. The third-order valence-electron chi connectivity index (χ3n) is 4.83. The molecule has 2 nitrogen and oxygen atoms in total. The molecule has 0 aromatic carbocycles. The van der Waals surface area contributed by atoms with Crippen LogP contribution in [0.5, 0.6) is 0 Å². The molecule has 0 aromatic rings. The van der Waals surface area contributed by atoms with Crippen LogP contribution in [0.1, 0.15) is 38.5 Å². The summed E-state index contributed by atoms with van der Waals surface area (Å²) in [5.74, 6) is 0.840. The molecule has 3 atom stereocenters. The van der Waals surface area contributed by atoms with Gasteiger partial charge in [-0.3, -0.25) is 4.99 Å². The van der Waals surface area contributed by atoms with E-state index in [1.165, 1.54) is 35.3 Å². The first-order valence-corrected chi connectivity index (χ1v) is 8.54. The molecule has 19 heavy (non-hydrogen) atoms. The molecule has 2 aliphatic carbocycles. The summed E-state index contributed by atoms with van der Waals surface area (Å²) >= 11 is 0. The first kappa shape index (κ1) is 11.8. The Bertz CT molecular complexity index is 567. The summed E-state index contributed by atoms with van der Waals surface area (Å²) in [6.45, 7) is 0.716. The van der Waals surface area contributed by atoms with Gasteiger partial charge in [0.25, 0.3) is 0 Å². The van der Waals surface area contributed by atoms with Crippen molar-refractivity contribution in [3.8, 4) is 0 Å². The van der Waals surface area contributed by atoms with Gasteiger partial charge < -0.3 is 0 Å². The molecule has 2 aliphatic heterocycles. The number of rotatable bonds is 0. The van der Waals surface area contributed by atoms with Gasteiger partial charge in [0.1, 0.15) is 0 Å². The van der Waals surface area contributed by atoms with E-state index in [1.807, 2.05) is 6.21 Å². The van der Waals surface area contributed by atoms with Gasteiger partial charge in [-0.05, 0) is 55.6 Å². The van der Waals surface area contributed by atoms with Crippen LogP contribution in [-0.2, 0) is 10.8 Å². The van der Waals surface area contributed by atoms with E-state index in [2.05, 4.69) is 17.1 Å². The van der Waals surface area contributed by atoms with E-state index in [9.17, 15) is 4.21 Å². The van der Waals surface area contributed by atoms with Gasteiger partial charge in [-0.2, -0.15) is 0 Å². The van der Waals surface area contributed by atoms with Gasteiger partial charge >= 0.3 is 0 Å². The molecule has 1 saturated heterocycles. The van der Waals surface area contributed by atoms with Gasteiger partial charge in [-0.1, -0.05) is 12.2 Å². The smallest absolute Gasteiger partial charge is 0.0777 e. The maximum Gasteiger partial charge on any atom is 0.0777 e. The molecule has 3 unspecified atom stereocenters. The van der Waals surface area contributed by atoms with Crippen LogP contribution in [0.25, 0.3) is 0 Å². The summed E-state index contributed by atoms with van der Waals surface area (Å²) in [5, 5.41) is 0. The summed E-state index contributed by atoms with van der Waals surface area (Å²) in [6, 6.07) is 0. The first-order chi connectivity index (χ1) is 9.34. The Morgan fingerprint density at radius 2 is 2.11 bits per heavy atom. The summed E-state index contributed by atoms with van der Waals surface area (Å²) < 4.78 is 12.9. The summed E-state index contributed by atoms with van der Waals surface area (Å²) in [6.07, 6.45) is 13.7. The largest absolute Gasteiger partial charge is 0.293 e. The molecule has 0 N–H and O–H groups in total. The van der Waals surface area contributed by atoms with Crippen LogP contribution < -0.4 is 0 Å². The molecule has 0 aromatic heterocycles. The number of fused-ring (bicyclic) bond motifs is 3. The zero-order valence-corrected chi connectivity index (χ0v) is 11.9. The van der Waals surface area contributed by atoms with Crippen molar-refractivity contribution in [1.82, 2.24) is 0 Å². The zero-order valence-electron chi connectivity index (χ0n) is 11.1. The molecular formula is C16H19NOS. The second kappa shape index (κ2) is 4.55. The summed E-state index contributed by atoms with van der Waals surface area (Å²) in [5.41, 5.74) is 2.97. The third-order valence-corrected chi connectivity index (χ3v) is 6.71. The maximum absolute atomic E-state index is 12.9. The van der Waals surface area contributed by atoms with E-state index in [0.29, 0.717) is 18.4 Å². The topological polar surface area (TPSA) is 29.4 Å². The molecule has 4 rings (SSSR count). The van der Waals surface area contributed by atoms with E-state index >= 15 is 0 Å². The molecule has 0 radical (unpaired) electrons. The second-order valence-corrected chi connectivity index (χ2v) is 7.39. The van der Waals surface area contributed by atoms with Crippen molar-refractivity contribution in [2.75, 3.05) is 6.54 Å². The normalized spacial score (nSPS) is 36.9. The predicted molar refractivity (Wildman–Crippen MR) is 79.4 cm³/mol.